The normalized spacial score (nSPS) is 25.3. The molecule has 2 saturated heterocycles. The van der Waals surface area contributed by atoms with Gasteiger partial charge in [-0.05, 0) is 24.3 Å². The first-order valence-corrected chi connectivity index (χ1v) is 9.18. The summed E-state index contributed by atoms with van der Waals surface area (Å²) in [5.41, 5.74) is 0.586. The lowest BCUT2D eigenvalue weighted by Gasteiger charge is -2.22. The Labute approximate surface area is 170 Å². The van der Waals surface area contributed by atoms with Gasteiger partial charge in [-0.2, -0.15) is 0 Å². The van der Waals surface area contributed by atoms with E-state index in [1.165, 1.54) is 31.4 Å². The number of imide groups is 1. The first-order chi connectivity index (χ1) is 14.3. The molecule has 9 nitrogen and oxygen atoms in total. The third-order valence-electron chi connectivity index (χ3n) is 5.57. The highest BCUT2D eigenvalue weighted by molar-refractivity contribution is 6.24. The van der Waals surface area contributed by atoms with Gasteiger partial charge in [0, 0.05) is 11.6 Å². The highest BCUT2D eigenvalue weighted by atomic mass is 16.5. The number of nitrogens with zero attached hydrogens (tertiary/aromatic N) is 1. The van der Waals surface area contributed by atoms with Crippen molar-refractivity contribution < 1.29 is 34.1 Å². The largest absolute Gasteiger partial charge is 0.496 e. The minimum absolute atomic E-state index is 0.0839. The third kappa shape index (κ3) is 2.91. The predicted molar refractivity (Wildman–Crippen MR) is 103 cm³/mol. The van der Waals surface area contributed by atoms with E-state index in [-0.39, 0.29) is 11.3 Å². The summed E-state index contributed by atoms with van der Waals surface area (Å²) in [7, 11) is 1.46. The zero-order chi connectivity index (χ0) is 21.6. The van der Waals surface area contributed by atoms with Crippen molar-refractivity contribution in [3.05, 3.63) is 59.7 Å². The van der Waals surface area contributed by atoms with Crippen molar-refractivity contribution in [2.75, 3.05) is 12.0 Å². The van der Waals surface area contributed by atoms with Gasteiger partial charge >= 0.3 is 11.9 Å². The van der Waals surface area contributed by atoms with Crippen LogP contribution in [0, 0.1) is 11.8 Å². The molecule has 2 aliphatic rings. The number of nitrogens with one attached hydrogen (secondary N) is 1. The molecule has 2 heterocycles. The number of anilines is 1. The van der Waals surface area contributed by atoms with Gasteiger partial charge in [0.25, 0.3) is 0 Å². The van der Waals surface area contributed by atoms with Crippen LogP contribution in [0.15, 0.2) is 48.5 Å². The van der Waals surface area contributed by atoms with Gasteiger partial charge < -0.3 is 14.9 Å². The molecule has 2 aliphatic heterocycles. The molecule has 30 heavy (non-hydrogen) atoms. The number of para-hydroxylation sites is 1. The number of rotatable bonds is 5. The molecule has 4 atom stereocenters. The molecular formula is C21H18N2O7. The lowest BCUT2D eigenvalue weighted by atomic mass is 9.86. The molecule has 2 aromatic rings. The molecule has 4 rings (SSSR count). The standard InChI is InChI=1S/C21H18N2O7/c1-30-13-8-3-2-7-12(13)16-14-15(17(22-16)21(28)29)19(25)23(18(14)24)11-6-4-5-10(9-11)20(26)27/h2-9,14-17,22H,1H3,(H,26,27)(H,28,29)/t14-,15+,16-,17-/m0/s1. The van der Waals surface area contributed by atoms with Crippen molar-refractivity contribution >= 4 is 29.4 Å². The van der Waals surface area contributed by atoms with Crippen LogP contribution in [0.5, 0.6) is 5.75 Å². The first-order valence-electron chi connectivity index (χ1n) is 9.18. The second-order valence-electron chi connectivity index (χ2n) is 7.12. The molecule has 2 aromatic carbocycles. The minimum Gasteiger partial charge on any atom is -0.496 e. The second kappa shape index (κ2) is 7.27. The summed E-state index contributed by atoms with van der Waals surface area (Å²) in [5, 5.41) is 21.8. The average molecular weight is 410 g/mol. The number of carbonyl (C=O) groups is 4. The van der Waals surface area contributed by atoms with E-state index in [4.69, 9.17) is 4.74 Å². The minimum atomic E-state index is -1.27. The van der Waals surface area contributed by atoms with E-state index >= 15 is 0 Å². The van der Waals surface area contributed by atoms with Crippen LogP contribution in [0.25, 0.3) is 0 Å². The average Bonchev–Trinajstić information content (AvgIpc) is 3.25. The van der Waals surface area contributed by atoms with Gasteiger partial charge in [-0.1, -0.05) is 24.3 Å². The van der Waals surface area contributed by atoms with Gasteiger partial charge in [-0.15, -0.1) is 0 Å². The fourth-order valence-corrected chi connectivity index (χ4v) is 4.28. The maximum Gasteiger partial charge on any atom is 0.335 e. The Morgan fingerprint density at radius 2 is 1.70 bits per heavy atom. The molecule has 0 spiro atoms. The Balaban J connectivity index is 1.80. The predicted octanol–water partition coefficient (Wildman–Crippen LogP) is 1.30. The molecule has 2 amide bonds. The van der Waals surface area contributed by atoms with Gasteiger partial charge in [0.15, 0.2) is 0 Å². The Morgan fingerprint density at radius 3 is 2.37 bits per heavy atom. The van der Waals surface area contributed by atoms with Crippen LogP contribution in [0.3, 0.4) is 0 Å². The van der Waals surface area contributed by atoms with E-state index in [2.05, 4.69) is 5.32 Å². The summed E-state index contributed by atoms with van der Waals surface area (Å²) in [6.45, 7) is 0. The van der Waals surface area contributed by atoms with Gasteiger partial charge in [0.2, 0.25) is 11.8 Å². The van der Waals surface area contributed by atoms with Crippen LogP contribution in [0.4, 0.5) is 5.69 Å². The van der Waals surface area contributed by atoms with Crippen molar-refractivity contribution in [2.24, 2.45) is 11.8 Å². The van der Waals surface area contributed by atoms with Crippen LogP contribution in [0.2, 0.25) is 0 Å². The number of aromatic carboxylic acids is 1. The number of carbonyl (C=O) groups excluding carboxylic acids is 2. The Hall–Kier alpha value is -3.72. The number of hydrogen-bond donors (Lipinski definition) is 3. The summed E-state index contributed by atoms with van der Waals surface area (Å²) in [4.78, 5) is 50.5. The number of methoxy groups -OCH3 is 1. The van der Waals surface area contributed by atoms with Gasteiger partial charge in [0.05, 0.1) is 30.2 Å². The molecule has 0 unspecified atom stereocenters. The number of fused-ring (bicyclic) bond motifs is 1. The Morgan fingerprint density at radius 1 is 1.00 bits per heavy atom. The number of ether oxygens (including phenoxy) is 1. The van der Waals surface area contributed by atoms with Crippen molar-refractivity contribution in [2.45, 2.75) is 12.1 Å². The number of carboxylic acids is 2. The molecule has 0 saturated carbocycles. The molecule has 0 aliphatic carbocycles. The Bertz CT molecular complexity index is 1070. The molecule has 154 valence electrons. The maximum absolute atomic E-state index is 13.3. The van der Waals surface area contributed by atoms with Crippen LogP contribution in [-0.4, -0.2) is 47.1 Å². The highest BCUT2D eigenvalue weighted by Crippen LogP contribution is 2.47. The number of amides is 2. The quantitative estimate of drug-likeness (QED) is 0.628. The van der Waals surface area contributed by atoms with Crippen molar-refractivity contribution in [1.82, 2.24) is 5.32 Å². The van der Waals surface area contributed by atoms with E-state index < -0.39 is 47.7 Å². The number of hydrogen-bond acceptors (Lipinski definition) is 6. The highest BCUT2D eigenvalue weighted by Gasteiger charge is 2.61. The van der Waals surface area contributed by atoms with E-state index in [1.807, 2.05) is 0 Å². The van der Waals surface area contributed by atoms with Crippen LogP contribution < -0.4 is 15.0 Å². The molecule has 9 heteroatoms. The van der Waals surface area contributed by atoms with Crippen molar-refractivity contribution in [3.63, 3.8) is 0 Å². The maximum atomic E-state index is 13.3. The Kier molecular flexibility index (Phi) is 4.75. The van der Waals surface area contributed by atoms with Crippen LogP contribution in [-0.2, 0) is 14.4 Å². The summed E-state index contributed by atoms with van der Waals surface area (Å²) in [6, 6.07) is 10.3. The number of benzene rings is 2. The fourth-order valence-electron chi connectivity index (χ4n) is 4.28. The smallest absolute Gasteiger partial charge is 0.335 e. The van der Waals surface area contributed by atoms with Gasteiger partial charge in [0.1, 0.15) is 11.8 Å². The zero-order valence-corrected chi connectivity index (χ0v) is 15.8. The summed E-state index contributed by atoms with van der Waals surface area (Å²) >= 11 is 0. The third-order valence-corrected chi connectivity index (χ3v) is 5.57. The number of aliphatic carboxylic acids is 1. The monoisotopic (exact) mass is 410 g/mol. The molecule has 0 radical (unpaired) electrons. The molecular weight excluding hydrogens is 392 g/mol. The lowest BCUT2D eigenvalue weighted by Crippen LogP contribution is -2.43. The SMILES string of the molecule is COc1ccccc1[C@@H]1N[C@H](C(=O)O)[C@@H]2C(=O)N(c3cccc(C(=O)O)c3)C(=O)[C@@H]21. The van der Waals surface area contributed by atoms with Crippen LogP contribution >= 0.6 is 0 Å². The van der Waals surface area contributed by atoms with Crippen molar-refractivity contribution in [3.8, 4) is 5.75 Å². The lowest BCUT2D eigenvalue weighted by molar-refractivity contribution is -0.142. The molecule has 3 N–H and O–H groups in total. The zero-order valence-electron chi connectivity index (χ0n) is 15.8. The van der Waals surface area contributed by atoms with Crippen LogP contribution in [0.1, 0.15) is 22.0 Å². The second-order valence-corrected chi connectivity index (χ2v) is 7.12. The van der Waals surface area contributed by atoms with E-state index in [0.717, 1.165) is 4.90 Å². The van der Waals surface area contributed by atoms with E-state index in [9.17, 15) is 29.4 Å². The van der Waals surface area contributed by atoms with E-state index in [1.54, 1.807) is 24.3 Å². The molecule has 2 fully saturated rings. The first kappa shape index (κ1) is 19.6. The van der Waals surface area contributed by atoms with E-state index in [0.29, 0.717) is 11.3 Å². The fraction of sp³-hybridized carbons (Fsp3) is 0.238. The summed E-state index contributed by atoms with van der Waals surface area (Å²) in [6.07, 6.45) is 0. The van der Waals surface area contributed by atoms with Gasteiger partial charge in [-0.3, -0.25) is 19.7 Å². The van der Waals surface area contributed by atoms with Gasteiger partial charge in [-0.25, -0.2) is 9.69 Å². The topological polar surface area (TPSA) is 133 Å². The summed E-state index contributed by atoms with van der Waals surface area (Å²) < 4.78 is 5.36. The molecule has 0 aromatic heterocycles. The van der Waals surface area contributed by atoms with Crippen molar-refractivity contribution in [1.29, 1.82) is 0 Å². The number of carboxylic acid groups (broad SMARTS) is 2. The molecule has 0 bridgehead atoms. The summed E-state index contributed by atoms with van der Waals surface area (Å²) in [5.74, 6) is -5.34.